The van der Waals surface area contributed by atoms with Gasteiger partial charge in [-0.3, -0.25) is 4.79 Å². The number of methoxy groups -OCH3 is 1. The molecule has 0 aromatic carbocycles. The molecule has 0 unspecified atom stereocenters. The van der Waals surface area contributed by atoms with Gasteiger partial charge < -0.3 is 4.74 Å². The highest BCUT2D eigenvalue weighted by molar-refractivity contribution is 5.81. The normalized spacial score (nSPS) is 42.0. The van der Waals surface area contributed by atoms with Gasteiger partial charge in [-0.05, 0) is 24.7 Å². The number of ether oxygens (including phenoxy) is 1. The molecular weight excluding hydrogens is 154 g/mol. The molecule has 0 heterocycles. The third-order valence-electron chi connectivity index (χ3n) is 3.21. The molecule has 12 heavy (non-hydrogen) atoms. The highest BCUT2D eigenvalue weighted by atomic mass is 16.5. The van der Waals surface area contributed by atoms with Crippen LogP contribution in [-0.2, 0) is 9.53 Å². The predicted molar refractivity (Wildman–Crippen MR) is 41.0 cm³/mol. The van der Waals surface area contributed by atoms with Crippen molar-refractivity contribution in [3.05, 3.63) is 0 Å². The minimum Gasteiger partial charge on any atom is -0.469 e. The molecule has 3 aliphatic carbocycles. The molecule has 3 rings (SSSR count). The zero-order valence-corrected chi connectivity index (χ0v) is 7.09. The first kappa shape index (κ1) is 7.60. The molecule has 3 aliphatic rings. The van der Waals surface area contributed by atoms with E-state index >= 15 is 0 Å². The second-order valence-electron chi connectivity index (χ2n) is 4.14. The number of hydrogen-bond acceptors (Lipinski definition) is 3. The molecule has 0 aromatic rings. The van der Waals surface area contributed by atoms with E-state index in [1.54, 1.807) is 0 Å². The summed E-state index contributed by atoms with van der Waals surface area (Å²) >= 11 is 0. The number of carbonyl (C=O) groups excluding carboxylic acids is 1. The lowest BCUT2D eigenvalue weighted by Crippen LogP contribution is -2.65. The van der Waals surface area contributed by atoms with Gasteiger partial charge in [-0.15, -0.1) is 0 Å². The average Bonchev–Trinajstić information content (AvgIpc) is 1.92. The molecule has 3 fully saturated rings. The first-order valence-electron chi connectivity index (χ1n) is 4.12. The van der Waals surface area contributed by atoms with Crippen molar-refractivity contribution in [1.82, 2.24) is 0 Å². The number of nitriles is 1. The summed E-state index contributed by atoms with van der Waals surface area (Å²) in [6.07, 6.45) is 3.23. The van der Waals surface area contributed by atoms with Gasteiger partial charge in [-0.2, -0.15) is 5.26 Å². The molecule has 3 saturated carbocycles. The highest BCUT2D eigenvalue weighted by Crippen LogP contribution is 2.75. The third kappa shape index (κ3) is 0.677. The average molecular weight is 165 g/mol. The summed E-state index contributed by atoms with van der Waals surface area (Å²) in [7, 11) is 1.43. The fraction of sp³-hybridized carbons (Fsp3) is 0.778. The number of carbonyl (C=O) groups is 1. The van der Waals surface area contributed by atoms with Gasteiger partial charge >= 0.3 is 5.97 Å². The number of nitrogens with zero attached hydrogens (tertiary/aromatic N) is 1. The Hall–Kier alpha value is -1.04. The lowest BCUT2D eigenvalue weighted by Gasteiger charge is -2.68. The van der Waals surface area contributed by atoms with Gasteiger partial charge in [-0.25, -0.2) is 0 Å². The van der Waals surface area contributed by atoms with Gasteiger partial charge in [0.2, 0.25) is 0 Å². The molecule has 0 aromatic heterocycles. The van der Waals surface area contributed by atoms with E-state index in [9.17, 15) is 4.79 Å². The summed E-state index contributed by atoms with van der Waals surface area (Å²) in [6, 6.07) is 2.17. The van der Waals surface area contributed by atoms with Crippen LogP contribution in [0.3, 0.4) is 0 Å². The fourth-order valence-electron chi connectivity index (χ4n) is 2.79. The van der Waals surface area contributed by atoms with Crippen molar-refractivity contribution in [3.63, 3.8) is 0 Å². The van der Waals surface area contributed by atoms with Crippen LogP contribution in [0.25, 0.3) is 0 Å². The Kier molecular flexibility index (Phi) is 1.27. The van der Waals surface area contributed by atoms with Crippen LogP contribution in [0.5, 0.6) is 0 Å². The Bertz CT molecular complexity index is 257. The van der Waals surface area contributed by atoms with Crippen LogP contribution >= 0.6 is 0 Å². The van der Waals surface area contributed by atoms with Gasteiger partial charge in [0, 0.05) is 6.42 Å². The summed E-state index contributed by atoms with van der Waals surface area (Å²) in [6.45, 7) is 0. The lowest BCUT2D eigenvalue weighted by atomic mass is 9.34. The smallest absolute Gasteiger partial charge is 0.311 e. The standard InChI is InChI=1S/C9H11NO2/c1-12-7(11)9-4-8(5-9,6-9)2-3-10/h2,4-6H2,1H3. The van der Waals surface area contributed by atoms with Crippen molar-refractivity contribution in [2.45, 2.75) is 25.7 Å². The molecule has 64 valence electrons. The van der Waals surface area contributed by atoms with Crippen LogP contribution in [0.4, 0.5) is 0 Å². The van der Waals surface area contributed by atoms with E-state index < -0.39 is 0 Å². The van der Waals surface area contributed by atoms with E-state index in [0.717, 1.165) is 19.3 Å². The van der Waals surface area contributed by atoms with E-state index in [2.05, 4.69) is 6.07 Å². The van der Waals surface area contributed by atoms with Crippen molar-refractivity contribution >= 4 is 5.97 Å². The van der Waals surface area contributed by atoms with E-state index in [1.807, 2.05) is 0 Å². The lowest BCUT2D eigenvalue weighted by molar-refractivity contribution is -0.223. The molecule has 3 heteroatoms. The van der Waals surface area contributed by atoms with Gasteiger partial charge in [0.15, 0.2) is 0 Å². The van der Waals surface area contributed by atoms with Crippen molar-refractivity contribution in [3.8, 4) is 6.07 Å². The summed E-state index contributed by atoms with van der Waals surface area (Å²) < 4.78 is 4.70. The quantitative estimate of drug-likeness (QED) is 0.578. The van der Waals surface area contributed by atoms with Crippen LogP contribution in [0, 0.1) is 22.2 Å². The second-order valence-corrected chi connectivity index (χ2v) is 4.14. The van der Waals surface area contributed by atoms with Crippen molar-refractivity contribution in [1.29, 1.82) is 5.26 Å². The SMILES string of the molecule is COC(=O)C12CC(CC#N)(C1)C2. The second kappa shape index (κ2) is 2.01. The number of hydrogen-bond donors (Lipinski definition) is 0. The zero-order chi connectivity index (χ0) is 8.82. The van der Waals surface area contributed by atoms with Crippen molar-refractivity contribution < 1.29 is 9.53 Å². The molecular formula is C9H11NO2. The molecule has 0 spiro atoms. The van der Waals surface area contributed by atoms with Crippen LogP contribution in [0.2, 0.25) is 0 Å². The Balaban J connectivity index is 1.96. The maximum Gasteiger partial charge on any atom is 0.311 e. The van der Waals surface area contributed by atoms with Crippen LogP contribution in [0.15, 0.2) is 0 Å². The van der Waals surface area contributed by atoms with Gasteiger partial charge in [0.05, 0.1) is 18.6 Å². The largest absolute Gasteiger partial charge is 0.469 e. The minimum atomic E-state index is -0.175. The van der Waals surface area contributed by atoms with Crippen LogP contribution in [0.1, 0.15) is 25.7 Å². The van der Waals surface area contributed by atoms with E-state index in [-0.39, 0.29) is 16.8 Å². The van der Waals surface area contributed by atoms with E-state index in [1.165, 1.54) is 7.11 Å². The van der Waals surface area contributed by atoms with Gasteiger partial charge in [0.1, 0.15) is 0 Å². The predicted octanol–water partition coefficient (Wildman–Crippen LogP) is 1.24. The van der Waals surface area contributed by atoms with Gasteiger partial charge in [0.25, 0.3) is 0 Å². The topological polar surface area (TPSA) is 50.1 Å². The van der Waals surface area contributed by atoms with Gasteiger partial charge in [-0.1, -0.05) is 0 Å². The molecule has 0 amide bonds. The minimum absolute atomic E-state index is 0.0812. The molecule has 2 bridgehead atoms. The Labute approximate surface area is 71.3 Å². The Morgan fingerprint density at radius 1 is 1.58 bits per heavy atom. The summed E-state index contributed by atoms with van der Waals surface area (Å²) in [5.41, 5.74) is 0.0224. The molecule has 0 atom stereocenters. The highest BCUT2D eigenvalue weighted by Gasteiger charge is 2.71. The number of esters is 1. The molecule has 0 aliphatic heterocycles. The maximum absolute atomic E-state index is 11.2. The van der Waals surface area contributed by atoms with Crippen molar-refractivity contribution in [2.75, 3.05) is 7.11 Å². The Morgan fingerprint density at radius 2 is 2.17 bits per heavy atom. The third-order valence-corrected chi connectivity index (χ3v) is 3.21. The maximum atomic E-state index is 11.2. The number of rotatable bonds is 2. The van der Waals surface area contributed by atoms with Crippen LogP contribution in [-0.4, -0.2) is 13.1 Å². The first-order valence-corrected chi connectivity index (χ1v) is 4.12. The Morgan fingerprint density at radius 3 is 2.58 bits per heavy atom. The van der Waals surface area contributed by atoms with E-state index in [0.29, 0.717) is 6.42 Å². The molecule has 0 saturated heterocycles. The first-order chi connectivity index (χ1) is 5.66. The molecule has 0 radical (unpaired) electrons. The summed E-state index contributed by atoms with van der Waals surface area (Å²) in [5.74, 6) is -0.0812. The zero-order valence-electron chi connectivity index (χ0n) is 7.09. The summed E-state index contributed by atoms with van der Waals surface area (Å²) in [5, 5.41) is 8.51. The summed E-state index contributed by atoms with van der Waals surface area (Å²) in [4.78, 5) is 11.2. The molecule has 0 N–H and O–H groups in total. The van der Waals surface area contributed by atoms with Crippen LogP contribution < -0.4 is 0 Å². The van der Waals surface area contributed by atoms with Crippen molar-refractivity contribution in [2.24, 2.45) is 10.8 Å². The monoisotopic (exact) mass is 165 g/mol. The fourth-order valence-corrected chi connectivity index (χ4v) is 2.79. The molecule has 3 nitrogen and oxygen atoms in total. The van der Waals surface area contributed by atoms with E-state index in [4.69, 9.17) is 10.00 Å².